The lowest BCUT2D eigenvalue weighted by Gasteiger charge is -2.43. The van der Waals surface area contributed by atoms with Crippen LogP contribution in [-0.2, 0) is 0 Å². The molecule has 2 bridgehead atoms. The van der Waals surface area contributed by atoms with Crippen LogP contribution >= 0.6 is 11.8 Å². The SMILES string of the molecule is CCCC1(O)CC2CCCC(C1)S2. The minimum absolute atomic E-state index is 0.296. The van der Waals surface area contributed by atoms with E-state index in [2.05, 4.69) is 18.7 Å². The second kappa shape index (κ2) is 3.82. The van der Waals surface area contributed by atoms with Gasteiger partial charge in [0.2, 0.25) is 0 Å². The fourth-order valence-corrected chi connectivity index (χ4v) is 4.84. The molecule has 0 spiro atoms. The Morgan fingerprint density at radius 3 is 2.46 bits per heavy atom. The summed E-state index contributed by atoms with van der Waals surface area (Å²) in [6.45, 7) is 2.18. The van der Waals surface area contributed by atoms with Gasteiger partial charge in [-0.3, -0.25) is 0 Å². The fourth-order valence-electron chi connectivity index (χ4n) is 2.88. The number of hydrogen-bond donors (Lipinski definition) is 1. The summed E-state index contributed by atoms with van der Waals surface area (Å²) < 4.78 is 0. The van der Waals surface area contributed by atoms with Gasteiger partial charge in [-0.05, 0) is 32.1 Å². The van der Waals surface area contributed by atoms with E-state index in [4.69, 9.17) is 0 Å². The van der Waals surface area contributed by atoms with Gasteiger partial charge in [0.15, 0.2) is 0 Å². The largest absolute Gasteiger partial charge is 0.390 e. The lowest BCUT2D eigenvalue weighted by molar-refractivity contribution is 0.00401. The standard InChI is InChI=1S/C11H20OS/c1-2-6-11(12)7-9-4-3-5-10(8-11)13-9/h9-10,12H,2-8H2,1H3. The molecule has 2 unspecified atom stereocenters. The summed E-state index contributed by atoms with van der Waals surface area (Å²) >= 11 is 2.14. The molecule has 13 heavy (non-hydrogen) atoms. The van der Waals surface area contributed by atoms with Crippen LogP contribution in [0.3, 0.4) is 0 Å². The van der Waals surface area contributed by atoms with E-state index < -0.39 is 0 Å². The Labute approximate surface area is 85.3 Å². The second-order valence-electron chi connectivity index (χ2n) is 4.69. The first-order valence-corrected chi connectivity index (χ1v) is 6.54. The lowest BCUT2D eigenvalue weighted by Crippen LogP contribution is -2.42. The lowest BCUT2D eigenvalue weighted by atomic mass is 9.83. The van der Waals surface area contributed by atoms with Gasteiger partial charge in [-0.15, -0.1) is 0 Å². The van der Waals surface area contributed by atoms with E-state index in [0.29, 0.717) is 0 Å². The molecule has 2 aliphatic heterocycles. The van der Waals surface area contributed by atoms with E-state index in [1.165, 1.54) is 19.3 Å². The fraction of sp³-hybridized carbons (Fsp3) is 1.00. The molecular formula is C11H20OS. The molecule has 2 heteroatoms. The van der Waals surface area contributed by atoms with Crippen molar-refractivity contribution in [2.24, 2.45) is 0 Å². The summed E-state index contributed by atoms with van der Waals surface area (Å²) in [6.07, 6.45) is 8.33. The average Bonchev–Trinajstić information content (AvgIpc) is 2.02. The van der Waals surface area contributed by atoms with Crippen molar-refractivity contribution in [2.45, 2.75) is 68.0 Å². The van der Waals surface area contributed by atoms with Gasteiger partial charge in [0, 0.05) is 10.5 Å². The van der Waals surface area contributed by atoms with Crippen LogP contribution in [-0.4, -0.2) is 21.2 Å². The third-order valence-corrected chi connectivity index (χ3v) is 4.94. The van der Waals surface area contributed by atoms with E-state index in [-0.39, 0.29) is 5.60 Å². The molecule has 2 fully saturated rings. The van der Waals surface area contributed by atoms with E-state index in [1.807, 2.05) is 0 Å². The summed E-state index contributed by atoms with van der Waals surface area (Å²) in [5.41, 5.74) is -0.296. The maximum absolute atomic E-state index is 10.4. The molecule has 1 N–H and O–H groups in total. The molecular weight excluding hydrogens is 180 g/mol. The van der Waals surface area contributed by atoms with Gasteiger partial charge in [-0.2, -0.15) is 11.8 Å². The molecule has 0 aromatic heterocycles. The summed E-state index contributed by atoms with van der Waals surface area (Å²) in [5.74, 6) is 0. The highest BCUT2D eigenvalue weighted by Gasteiger charge is 2.40. The van der Waals surface area contributed by atoms with Crippen molar-refractivity contribution >= 4 is 11.8 Å². The highest BCUT2D eigenvalue weighted by atomic mass is 32.2. The van der Waals surface area contributed by atoms with Crippen molar-refractivity contribution in [1.29, 1.82) is 0 Å². The predicted octanol–water partition coefficient (Wildman–Crippen LogP) is 2.97. The topological polar surface area (TPSA) is 20.2 Å². The van der Waals surface area contributed by atoms with Crippen LogP contribution in [0.2, 0.25) is 0 Å². The second-order valence-corrected chi connectivity index (χ2v) is 6.30. The van der Waals surface area contributed by atoms with Crippen molar-refractivity contribution in [3.63, 3.8) is 0 Å². The first kappa shape index (κ1) is 9.85. The maximum atomic E-state index is 10.4. The van der Waals surface area contributed by atoms with Crippen molar-refractivity contribution in [3.05, 3.63) is 0 Å². The Bertz CT molecular complexity index is 169. The Hall–Kier alpha value is 0.310. The summed E-state index contributed by atoms with van der Waals surface area (Å²) in [5, 5.41) is 11.9. The Morgan fingerprint density at radius 1 is 1.31 bits per heavy atom. The van der Waals surface area contributed by atoms with Gasteiger partial charge in [-0.1, -0.05) is 19.8 Å². The third kappa shape index (κ3) is 2.21. The normalized spacial score (nSPS) is 44.8. The van der Waals surface area contributed by atoms with Crippen LogP contribution in [0.4, 0.5) is 0 Å². The molecule has 0 aromatic carbocycles. The van der Waals surface area contributed by atoms with Crippen molar-refractivity contribution < 1.29 is 5.11 Å². The quantitative estimate of drug-likeness (QED) is 0.739. The molecule has 1 nitrogen and oxygen atoms in total. The monoisotopic (exact) mass is 200 g/mol. The molecule has 0 radical (unpaired) electrons. The number of hydrogen-bond acceptors (Lipinski definition) is 2. The van der Waals surface area contributed by atoms with E-state index in [1.54, 1.807) is 0 Å². The Morgan fingerprint density at radius 2 is 1.92 bits per heavy atom. The Balaban J connectivity index is 2.00. The smallest absolute Gasteiger partial charge is 0.0668 e. The summed E-state index contributed by atoms with van der Waals surface area (Å²) in [4.78, 5) is 0. The molecule has 2 aliphatic rings. The molecule has 0 aromatic rings. The van der Waals surface area contributed by atoms with Crippen LogP contribution in [0.15, 0.2) is 0 Å². The van der Waals surface area contributed by atoms with Gasteiger partial charge < -0.3 is 5.11 Å². The molecule has 76 valence electrons. The Kier molecular flexibility index (Phi) is 2.89. The molecule has 2 atom stereocenters. The van der Waals surface area contributed by atoms with E-state index >= 15 is 0 Å². The summed E-state index contributed by atoms with van der Waals surface area (Å²) in [6, 6.07) is 0. The van der Waals surface area contributed by atoms with Crippen molar-refractivity contribution in [1.82, 2.24) is 0 Å². The van der Waals surface area contributed by atoms with Crippen LogP contribution in [0.25, 0.3) is 0 Å². The minimum Gasteiger partial charge on any atom is -0.390 e. The summed E-state index contributed by atoms with van der Waals surface area (Å²) in [7, 11) is 0. The molecule has 2 heterocycles. The van der Waals surface area contributed by atoms with Crippen LogP contribution in [0.1, 0.15) is 51.9 Å². The molecule has 2 saturated heterocycles. The van der Waals surface area contributed by atoms with Crippen molar-refractivity contribution in [2.75, 3.05) is 0 Å². The van der Waals surface area contributed by atoms with Crippen LogP contribution in [0.5, 0.6) is 0 Å². The zero-order chi connectivity index (χ0) is 9.31. The van der Waals surface area contributed by atoms with Gasteiger partial charge in [0.05, 0.1) is 5.60 Å². The average molecular weight is 200 g/mol. The van der Waals surface area contributed by atoms with Gasteiger partial charge in [-0.25, -0.2) is 0 Å². The van der Waals surface area contributed by atoms with E-state index in [0.717, 1.165) is 36.2 Å². The molecule has 0 amide bonds. The zero-order valence-electron chi connectivity index (χ0n) is 8.46. The highest BCUT2D eigenvalue weighted by Crippen LogP contribution is 2.46. The van der Waals surface area contributed by atoms with Crippen LogP contribution in [0, 0.1) is 0 Å². The van der Waals surface area contributed by atoms with Gasteiger partial charge in [0.1, 0.15) is 0 Å². The van der Waals surface area contributed by atoms with Gasteiger partial charge in [0.25, 0.3) is 0 Å². The third-order valence-electron chi connectivity index (χ3n) is 3.37. The number of thioether (sulfide) groups is 1. The first-order valence-electron chi connectivity index (χ1n) is 5.60. The predicted molar refractivity (Wildman–Crippen MR) is 58.1 cm³/mol. The van der Waals surface area contributed by atoms with E-state index in [9.17, 15) is 5.11 Å². The molecule has 0 saturated carbocycles. The first-order chi connectivity index (χ1) is 6.22. The number of rotatable bonds is 2. The maximum Gasteiger partial charge on any atom is 0.0668 e. The number of aliphatic hydroxyl groups is 1. The van der Waals surface area contributed by atoms with Crippen LogP contribution < -0.4 is 0 Å². The number of fused-ring (bicyclic) bond motifs is 2. The van der Waals surface area contributed by atoms with Crippen molar-refractivity contribution in [3.8, 4) is 0 Å². The minimum atomic E-state index is -0.296. The molecule has 0 aliphatic carbocycles. The molecule has 2 rings (SSSR count). The van der Waals surface area contributed by atoms with Gasteiger partial charge >= 0.3 is 0 Å². The zero-order valence-corrected chi connectivity index (χ0v) is 9.28. The highest BCUT2D eigenvalue weighted by molar-refractivity contribution is 8.00.